The molecule has 3 aliphatic heterocycles. The minimum Gasteiger partial charge on any atom is -0.492 e. The predicted octanol–water partition coefficient (Wildman–Crippen LogP) is 4.62. The molecule has 1 aromatic heterocycles. The molecule has 0 bridgehead atoms. The topological polar surface area (TPSA) is 88.2 Å². The maximum absolute atomic E-state index is 6.32. The fraction of sp³-hybridized carbons (Fsp3) is 0.280. The van der Waals surface area contributed by atoms with Crippen molar-refractivity contribution in [2.24, 2.45) is 16.1 Å². The standard InChI is InChI=1S/C25H22BrN3O4/c1-24(11-30-12-24)13-31-20-7-6-19-21(22(20)26)25(14-32-23(27)29-25)17-9-15(4-5-18(17)33-19)16-3-2-8-28-10-16/h2-10H,11-14H2,1H3,(H2,27,29). The van der Waals surface area contributed by atoms with Gasteiger partial charge in [-0.05, 0) is 51.8 Å². The highest BCUT2D eigenvalue weighted by molar-refractivity contribution is 9.10. The van der Waals surface area contributed by atoms with Crippen LogP contribution in [0, 0.1) is 5.41 Å². The number of aromatic nitrogens is 1. The second-order valence-electron chi connectivity index (χ2n) is 9.00. The van der Waals surface area contributed by atoms with Gasteiger partial charge in [-0.3, -0.25) is 4.98 Å². The van der Waals surface area contributed by atoms with Crippen LogP contribution in [0.15, 0.2) is 64.3 Å². The molecule has 3 aliphatic rings. The molecular formula is C25H22BrN3O4. The molecule has 3 aromatic rings. The van der Waals surface area contributed by atoms with E-state index in [1.807, 2.05) is 42.6 Å². The Morgan fingerprint density at radius 3 is 2.64 bits per heavy atom. The van der Waals surface area contributed by atoms with Crippen LogP contribution in [0.1, 0.15) is 18.1 Å². The largest absolute Gasteiger partial charge is 0.492 e. The lowest BCUT2D eigenvalue weighted by atomic mass is 9.80. The molecule has 8 heteroatoms. The van der Waals surface area contributed by atoms with Crippen molar-refractivity contribution >= 4 is 22.0 Å². The van der Waals surface area contributed by atoms with Crippen LogP contribution in [0.5, 0.6) is 17.2 Å². The SMILES string of the molecule is CC1(COc2ccc3c(c2Br)C2(COC(N)=N2)c2cc(-c4cccnc4)ccc2O3)COC1. The molecule has 0 amide bonds. The first kappa shape index (κ1) is 20.5. The van der Waals surface area contributed by atoms with Gasteiger partial charge in [0.1, 0.15) is 23.9 Å². The molecule has 2 aromatic carbocycles. The van der Waals surface area contributed by atoms with Crippen LogP contribution in [0.4, 0.5) is 0 Å². The minimum absolute atomic E-state index is 0.0216. The maximum Gasteiger partial charge on any atom is 0.283 e. The van der Waals surface area contributed by atoms with Gasteiger partial charge >= 0.3 is 0 Å². The average Bonchev–Trinajstić information content (AvgIpc) is 3.19. The van der Waals surface area contributed by atoms with E-state index >= 15 is 0 Å². The highest BCUT2D eigenvalue weighted by atomic mass is 79.9. The first-order chi connectivity index (χ1) is 16.0. The second-order valence-corrected chi connectivity index (χ2v) is 9.79. The fourth-order valence-electron chi connectivity index (χ4n) is 4.51. The number of nitrogens with two attached hydrogens (primary N) is 1. The molecule has 1 fully saturated rings. The molecule has 1 spiro atoms. The molecule has 7 nitrogen and oxygen atoms in total. The van der Waals surface area contributed by atoms with E-state index in [0.29, 0.717) is 25.6 Å². The molecule has 33 heavy (non-hydrogen) atoms. The number of hydrogen-bond acceptors (Lipinski definition) is 7. The Hall–Kier alpha value is -3.10. The van der Waals surface area contributed by atoms with Gasteiger partial charge in [0.25, 0.3) is 6.02 Å². The Morgan fingerprint density at radius 1 is 1.09 bits per heavy atom. The Balaban J connectivity index is 1.47. The van der Waals surface area contributed by atoms with Crippen molar-refractivity contribution < 1.29 is 18.9 Å². The lowest BCUT2D eigenvalue weighted by Gasteiger charge is -2.38. The van der Waals surface area contributed by atoms with E-state index < -0.39 is 5.54 Å². The second kappa shape index (κ2) is 7.46. The summed E-state index contributed by atoms with van der Waals surface area (Å²) in [5, 5.41) is 0. The van der Waals surface area contributed by atoms with E-state index in [1.165, 1.54) is 0 Å². The van der Waals surface area contributed by atoms with Gasteiger partial charge in [-0.1, -0.05) is 19.1 Å². The normalized spacial score (nSPS) is 21.8. The monoisotopic (exact) mass is 507 g/mol. The van der Waals surface area contributed by atoms with E-state index in [4.69, 9.17) is 29.7 Å². The smallest absolute Gasteiger partial charge is 0.283 e. The summed E-state index contributed by atoms with van der Waals surface area (Å²) in [5.41, 5.74) is 8.95. The summed E-state index contributed by atoms with van der Waals surface area (Å²) < 4.78 is 24.4. The van der Waals surface area contributed by atoms with E-state index in [0.717, 1.165) is 38.2 Å². The number of benzene rings is 2. The van der Waals surface area contributed by atoms with Crippen molar-refractivity contribution in [3.63, 3.8) is 0 Å². The molecule has 1 atom stereocenters. The number of ether oxygens (including phenoxy) is 4. The zero-order chi connectivity index (χ0) is 22.6. The summed E-state index contributed by atoms with van der Waals surface area (Å²) in [6.45, 7) is 4.37. The Bertz CT molecular complexity index is 1280. The summed E-state index contributed by atoms with van der Waals surface area (Å²) in [7, 11) is 0. The Morgan fingerprint density at radius 2 is 1.94 bits per heavy atom. The van der Waals surface area contributed by atoms with E-state index in [9.17, 15) is 0 Å². The van der Waals surface area contributed by atoms with Gasteiger partial charge in [0.2, 0.25) is 0 Å². The number of halogens is 1. The quantitative estimate of drug-likeness (QED) is 0.554. The molecule has 0 saturated carbocycles. The molecule has 0 aliphatic carbocycles. The average molecular weight is 508 g/mol. The van der Waals surface area contributed by atoms with Crippen LogP contribution in [-0.2, 0) is 15.0 Å². The highest BCUT2D eigenvalue weighted by Gasteiger charge is 2.49. The highest BCUT2D eigenvalue weighted by Crippen LogP contribution is 2.55. The molecule has 1 saturated heterocycles. The van der Waals surface area contributed by atoms with Crippen LogP contribution in [0.3, 0.4) is 0 Å². The number of hydrogen-bond donors (Lipinski definition) is 1. The number of pyridine rings is 1. The third kappa shape index (κ3) is 3.28. The summed E-state index contributed by atoms with van der Waals surface area (Å²) in [5.74, 6) is 2.13. The lowest BCUT2D eigenvalue weighted by molar-refractivity contribution is -0.120. The Kier molecular flexibility index (Phi) is 4.64. The number of aliphatic imine (C=N–C) groups is 1. The maximum atomic E-state index is 6.32. The third-order valence-electron chi connectivity index (χ3n) is 6.33. The van der Waals surface area contributed by atoms with Crippen molar-refractivity contribution in [2.45, 2.75) is 12.5 Å². The fourth-order valence-corrected chi connectivity index (χ4v) is 5.28. The van der Waals surface area contributed by atoms with Crippen molar-refractivity contribution in [3.8, 4) is 28.4 Å². The van der Waals surface area contributed by atoms with Crippen molar-refractivity contribution in [3.05, 3.63) is 70.5 Å². The van der Waals surface area contributed by atoms with Crippen molar-refractivity contribution in [1.82, 2.24) is 4.98 Å². The van der Waals surface area contributed by atoms with Crippen molar-refractivity contribution in [1.29, 1.82) is 0 Å². The minimum atomic E-state index is -0.854. The molecule has 2 N–H and O–H groups in total. The van der Waals surface area contributed by atoms with Gasteiger partial charge < -0.3 is 24.7 Å². The van der Waals surface area contributed by atoms with E-state index in [2.05, 4.69) is 33.9 Å². The summed E-state index contributed by atoms with van der Waals surface area (Å²) in [4.78, 5) is 9.06. The Labute approximate surface area is 199 Å². The summed E-state index contributed by atoms with van der Waals surface area (Å²) >= 11 is 3.78. The van der Waals surface area contributed by atoms with Gasteiger partial charge in [0, 0.05) is 34.5 Å². The number of amidine groups is 1. The molecule has 0 radical (unpaired) electrons. The first-order valence-corrected chi connectivity index (χ1v) is 11.5. The summed E-state index contributed by atoms with van der Waals surface area (Å²) in [6.07, 6.45) is 3.59. The van der Waals surface area contributed by atoms with E-state index in [-0.39, 0.29) is 18.0 Å². The molecule has 168 valence electrons. The van der Waals surface area contributed by atoms with E-state index in [1.54, 1.807) is 6.20 Å². The van der Waals surface area contributed by atoms with Crippen LogP contribution in [0.25, 0.3) is 11.1 Å². The van der Waals surface area contributed by atoms with Gasteiger partial charge in [-0.15, -0.1) is 0 Å². The predicted molar refractivity (Wildman–Crippen MR) is 127 cm³/mol. The van der Waals surface area contributed by atoms with Gasteiger partial charge in [0.15, 0.2) is 5.54 Å². The van der Waals surface area contributed by atoms with Crippen molar-refractivity contribution in [2.75, 3.05) is 26.4 Å². The van der Waals surface area contributed by atoms with Crippen LogP contribution < -0.4 is 15.2 Å². The molecule has 6 rings (SSSR count). The number of rotatable bonds is 4. The van der Waals surface area contributed by atoms with Crippen LogP contribution in [-0.4, -0.2) is 37.4 Å². The molecule has 4 heterocycles. The number of fused-ring (bicyclic) bond motifs is 4. The van der Waals surface area contributed by atoms with Gasteiger partial charge in [-0.2, -0.15) is 0 Å². The molecule has 1 unspecified atom stereocenters. The summed E-state index contributed by atoms with van der Waals surface area (Å²) in [6, 6.07) is 14.0. The lowest BCUT2D eigenvalue weighted by Crippen LogP contribution is -2.44. The zero-order valence-electron chi connectivity index (χ0n) is 18.0. The van der Waals surface area contributed by atoms with Crippen LogP contribution in [0.2, 0.25) is 0 Å². The first-order valence-electron chi connectivity index (χ1n) is 10.7. The van der Waals surface area contributed by atoms with Gasteiger partial charge in [-0.25, -0.2) is 4.99 Å². The zero-order valence-corrected chi connectivity index (χ0v) is 19.6. The third-order valence-corrected chi connectivity index (χ3v) is 7.12. The van der Waals surface area contributed by atoms with Gasteiger partial charge in [0.05, 0.1) is 24.3 Å². The number of nitrogens with zero attached hydrogens (tertiary/aromatic N) is 2. The molecular weight excluding hydrogens is 486 g/mol. The van der Waals surface area contributed by atoms with Crippen LogP contribution >= 0.6 is 15.9 Å².